The summed E-state index contributed by atoms with van der Waals surface area (Å²) in [5.41, 5.74) is 5.95. The van der Waals surface area contributed by atoms with Gasteiger partial charge in [-0.25, -0.2) is 9.78 Å². The molecule has 0 atom stereocenters. The molecule has 2 aromatic rings. The standard InChI is InChI=1S/C14H16ClN5O2/c1-20-8-17-19-11(20)7-14(3-2-4-14)9-5-10(15)18-12(6-9)22-13(16)21/h5-6,8H,2-4,7H2,1H3,(H2,16,21). The number of halogens is 1. The molecule has 0 aromatic carbocycles. The van der Waals surface area contributed by atoms with Crippen LogP contribution in [0, 0.1) is 0 Å². The van der Waals surface area contributed by atoms with Crippen LogP contribution in [-0.4, -0.2) is 25.8 Å². The van der Waals surface area contributed by atoms with E-state index in [0.717, 1.165) is 37.1 Å². The smallest absolute Gasteiger partial charge is 0.391 e. The molecule has 7 nitrogen and oxygen atoms in total. The summed E-state index contributed by atoms with van der Waals surface area (Å²) in [6.07, 6.45) is 4.68. The number of primary amides is 1. The molecule has 1 saturated carbocycles. The Morgan fingerprint density at radius 1 is 1.50 bits per heavy atom. The van der Waals surface area contributed by atoms with Gasteiger partial charge in [-0.15, -0.1) is 10.2 Å². The SMILES string of the molecule is Cn1cnnc1CC1(c2cc(Cl)nc(OC(N)=O)c2)CCC1. The van der Waals surface area contributed by atoms with Gasteiger partial charge in [0.15, 0.2) is 0 Å². The van der Waals surface area contributed by atoms with Crippen molar-refractivity contribution in [2.45, 2.75) is 31.1 Å². The van der Waals surface area contributed by atoms with Crippen LogP contribution in [0.25, 0.3) is 0 Å². The Morgan fingerprint density at radius 2 is 2.27 bits per heavy atom. The maximum absolute atomic E-state index is 10.9. The minimum absolute atomic E-state index is 0.0802. The molecule has 1 aliphatic rings. The van der Waals surface area contributed by atoms with Gasteiger partial charge >= 0.3 is 6.09 Å². The molecule has 0 bridgehead atoms. The van der Waals surface area contributed by atoms with Crippen molar-refractivity contribution in [1.82, 2.24) is 19.7 Å². The van der Waals surface area contributed by atoms with Crippen molar-refractivity contribution in [3.63, 3.8) is 0 Å². The first-order valence-corrected chi connectivity index (χ1v) is 7.34. The number of amides is 1. The van der Waals surface area contributed by atoms with E-state index in [1.54, 1.807) is 12.4 Å². The molecular formula is C14H16ClN5O2. The molecule has 1 aliphatic carbocycles. The molecule has 0 saturated heterocycles. The van der Waals surface area contributed by atoms with Crippen LogP contribution in [0.2, 0.25) is 5.15 Å². The van der Waals surface area contributed by atoms with E-state index in [1.807, 2.05) is 17.7 Å². The van der Waals surface area contributed by atoms with Crippen molar-refractivity contribution in [2.75, 3.05) is 0 Å². The van der Waals surface area contributed by atoms with Crippen LogP contribution in [0.1, 0.15) is 30.7 Å². The van der Waals surface area contributed by atoms with Gasteiger partial charge in [-0.2, -0.15) is 0 Å². The topological polar surface area (TPSA) is 95.9 Å². The number of aryl methyl sites for hydroxylation is 1. The van der Waals surface area contributed by atoms with Crippen molar-refractivity contribution < 1.29 is 9.53 Å². The van der Waals surface area contributed by atoms with Crippen molar-refractivity contribution in [3.05, 3.63) is 35.0 Å². The highest BCUT2D eigenvalue weighted by Crippen LogP contribution is 2.47. The number of carbonyl (C=O) groups is 1. The first-order valence-electron chi connectivity index (χ1n) is 6.97. The van der Waals surface area contributed by atoms with Crippen LogP contribution in [0.15, 0.2) is 18.5 Å². The van der Waals surface area contributed by atoms with Crippen LogP contribution >= 0.6 is 11.6 Å². The molecule has 2 aromatic heterocycles. The Balaban J connectivity index is 1.94. The lowest BCUT2D eigenvalue weighted by Crippen LogP contribution is -2.37. The van der Waals surface area contributed by atoms with E-state index in [9.17, 15) is 4.79 Å². The minimum Gasteiger partial charge on any atom is -0.391 e. The lowest BCUT2D eigenvalue weighted by Gasteiger charge is -2.42. The summed E-state index contributed by atoms with van der Waals surface area (Å²) in [4.78, 5) is 14.9. The van der Waals surface area contributed by atoms with Crippen molar-refractivity contribution in [3.8, 4) is 5.88 Å². The van der Waals surface area contributed by atoms with Gasteiger partial charge in [0.2, 0.25) is 5.88 Å². The van der Waals surface area contributed by atoms with E-state index in [2.05, 4.69) is 15.2 Å². The summed E-state index contributed by atoms with van der Waals surface area (Å²) < 4.78 is 6.77. The summed E-state index contributed by atoms with van der Waals surface area (Å²) in [5.74, 6) is 1.03. The second-order valence-electron chi connectivity index (χ2n) is 5.61. The molecule has 8 heteroatoms. The second-order valence-corrected chi connectivity index (χ2v) is 5.99. The zero-order valence-electron chi connectivity index (χ0n) is 12.1. The number of hydrogen-bond donors (Lipinski definition) is 1. The molecule has 22 heavy (non-hydrogen) atoms. The van der Waals surface area contributed by atoms with Crippen LogP contribution in [0.4, 0.5) is 4.79 Å². The van der Waals surface area contributed by atoms with E-state index in [0.29, 0.717) is 0 Å². The molecule has 3 rings (SSSR count). The molecule has 2 N–H and O–H groups in total. The van der Waals surface area contributed by atoms with Crippen molar-refractivity contribution in [1.29, 1.82) is 0 Å². The first-order chi connectivity index (χ1) is 10.5. The Bertz CT molecular complexity index is 711. The van der Waals surface area contributed by atoms with Gasteiger partial charge in [-0.05, 0) is 24.5 Å². The van der Waals surface area contributed by atoms with Crippen molar-refractivity contribution >= 4 is 17.7 Å². The highest BCUT2D eigenvalue weighted by atomic mass is 35.5. The van der Waals surface area contributed by atoms with E-state index in [-0.39, 0.29) is 16.4 Å². The van der Waals surface area contributed by atoms with E-state index in [4.69, 9.17) is 22.1 Å². The Labute approximate surface area is 132 Å². The van der Waals surface area contributed by atoms with Crippen molar-refractivity contribution in [2.24, 2.45) is 12.8 Å². The zero-order chi connectivity index (χ0) is 15.7. The van der Waals surface area contributed by atoms with E-state index < -0.39 is 6.09 Å². The Morgan fingerprint density at radius 3 is 2.82 bits per heavy atom. The number of carbonyl (C=O) groups excluding carboxylic acids is 1. The third kappa shape index (κ3) is 2.76. The molecule has 1 amide bonds. The predicted molar refractivity (Wildman–Crippen MR) is 79.7 cm³/mol. The summed E-state index contributed by atoms with van der Waals surface area (Å²) in [7, 11) is 1.92. The lowest BCUT2D eigenvalue weighted by molar-refractivity contribution is 0.208. The van der Waals surface area contributed by atoms with Gasteiger partial charge in [0.05, 0.1) is 0 Å². The van der Waals surface area contributed by atoms with Gasteiger partial charge < -0.3 is 15.0 Å². The van der Waals surface area contributed by atoms with Gasteiger partial charge in [0.1, 0.15) is 17.3 Å². The Kier molecular flexibility index (Phi) is 3.74. The fourth-order valence-corrected chi connectivity index (χ4v) is 3.08. The summed E-state index contributed by atoms with van der Waals surface area (Å²) in [6, 6.07) is 3.54. The number of nitrogens with two attached hydrogens (primary N) is 1. The molecule has 0 spiro atoms. The number of aromatic nitrogens is 4. The number of rotatable bonds is 4. The van der Waals surface area contributed by atoms with Gasteiger partial charge in [-0.1, -0.05) is 18.0 Å². The zero-order valence-corrected chi connectivity index (χ0v) is 12.9. The molecule has 116 valence electrons. The maximum atomic E-state index is 10.9. The molecule has 1 fully saturated rings. The largest absolute Gasteiger partial charge is 0.411 e. The van der Waals surface area contributed by atoms with Gasteiger partial charge in [0.25, 0.3) is 0 Å². The second kappa shape index (κ2) is 5.57. The summed E-state index contributed by atoms with van der Waals surface area (Å²) in [5, 5.41) is 8.36. The molecule has 0 aliphatic heterocycles. The number of ether oxygens (including phenoxy) is 1. The highest BCUT2D eigenvalue weighted by Gasteiger charge is 2.40. The monoisotopic (exact) mass is 321 g/mol. The fraction of sp³-hybridized carbons (Fsp3) is 0.429. The van der Waals surface area contributed by atoms with Crippen LogP contribution in [0.5, 0.6) is 5.88 Å². The summed E-state index contributed by atoms with van der Waals surface area (Å²) in [6.45, 7) is 0. The normalized spacial score (nSPS) is 16.1. The third-order valence-corrected chi connectivity index (χ3v) is 4.39. The lowest BCUT2D eigenvalue weighted by atomic mass is 9.62. The number of nitrogens with zero attached hydrogens (tertiary/aromatic N) is 4. The maximum Gasteiger partial charge on any atom is 0.411 e. The Hall–Kier alpha value is -2.15. The molecule has 0 radical (unpaired) electrons. The average molecular weight is 322 g/mol. The number of pyridine rings is 1. The average Bonchev–Trinajstić information content (AvgIpc) is 2.77. The van der Waals surface area contributed by atoms with E-state index in [1.165, 1.54) is 0 Å². The molecule has 2 heterocycles. The third-order valence-electron chi connectivity index (χ3n) is 4.20. The molecule has 0 unspecified atom stereocenters. The van der Waals surface area contributed by atoms with Crippen LogP contribution in [-0.2, 0) is 18.9 Å². The fourth-order valence-electron chi connectivity index (χ4n) is 2.88. The van der Waals surface area contributed by atoms with Gasteiger partial charge in [-0.3, -0.25) is 0 Å². The molecular weight excluding hydrogens is 306 g/mol. The highest BCUT2D eigenvalue weighted by molar-refractivity contribution is 6.29. The number of hydrogen-bond acceptors (Lipinski definition) is 5. The first kappa shape index (κ1) is 14.8. The predicted octanol–water partition coefficient (Wildman–Crippen LogP) is 1.99. The quantitative estimate of drug-likeness (QED) is 0.869. The minimum atomic E-state index is -0.906. The van der Waals surface area contributed by atoms with Crippen LogP contribution in [0.3, 0.4) is 0 Å². The van der Waals surface area contributed by atoms with E-state index >= 15 is 0 Å². The summed E-state index contributed by atoms with van der Waals surface area (Å²) >= 11 is 6.06. The van der Waals surface area contributed by atoms with Gasteiger partial charge in [0, 0.05) is 24.9 Å². The van der Waals surface area contributed by atoms with Crippen LogP contribution < -0.4 is 10.5 Å².